The molecule has 2 rings (SSSR count). The van der Waals surface area contributed by atoms with Gasteiger partial charge in [0.2, 0.25) is 0 Å². The monoisotopic (exact) mass is 194 g/mol. The Balaban J connectivity index is 2.03. The van der Waals surface area contributed by atoms with Crippen molar-refractivity contribution in [2.75, 3.05) is 6.61 Å². The Bertz CT molecular complexity index is 253. The minimum Gasteiger partial charge on any atom is -0.373 e. The number of ether oxygens (including phenoxy) is 1. The Morgan fingerprint density at radius 3 is 2.64 bits per heavy atom. The standard InChI is InChI=1S/C12H18O2/c1-3-4-9-5-10(8(2)13)6-11(9)12-7-14-12/h3-4,9-12H,5-7H2,1-2H3/b4-3-/t9-,10+,11-,12+/m1/s1. The quantitative estimate of drug-likeness (QED) is 0.509. The van der Waals surface area contributed by atoms with Gasteiger partial charge in [-0.1, -0.05) is 12.2 Å². The minimum atomic E-state index is 0.283. The topological polar surface area (TPSA) is 29.6 Å². The van der Waals surface area contributed by atoms with Crippen LogP contribution in [0.1, 0.15) is 26.7 Å². The maximum Gasteiger partial charge on any atom is 0.132 e. The van der Waals surface area contributed by atoms with Gasteiger partial charge in [-0.05, 0) is 38.5 Å². The van der Waals surface area contributed by atoms with Gasteiger partial charge in [0, 0.05) is 5.92 Å². The fourth-order valence-electron chi connectivity index (χ4n) is 2.63. The molecule has 2 fully saturated rings. The van der Waals surface area contributed by atoms with Gasteiger partial charge in [0.25, 0.3) is 0 Å². The molecule has 2 aliphatic rings. The number of hydrogen-bond acceptors (Lipinski definition) is 2. The molecule has 0 aromatic carbocycles. The predicted octanol–water partition coefficient (Wildman–Crippen LogP) is 2.19. The van der Waals surface area contributed by atoms with E-state index in [4.69, 9.17) is 4.74 Å². The van der Waals surface area contributed by atoms with E-state index in [9.17, 15) is 4.79 Å². The normalized spacial score (nSPS) is 41.9. The maximum absolute atomic E-state index is 11.3. The van der Waals surface area contributed by atoms with Gasteiger partial charge in [-0.25, -0.2) is 0 Å². The number of rotatable bonds is 3. The van der Waals surface area contributed by atoms with Gasteiger partial charge in [0.05, 0.1) is 12.7 Å². The highest BCUT2D eigenvalue weighted by molar-refractivity contribution is 5.78. The lowest BCUT2D eigenvalue weighted by atomic mass is 9.93. The van der Waals surface area contributed by atoms with E-state index in [1.807, 2.05) is 6.92 Å². The zero-order valence-corrected chi connectivity index (χ0v) is 8.90. The summed E-state index contributed by atoms with van der Waals surface area (Å²) in [5, 5.41) is 0. The average molecular weight is 194 g/mol. The van der Waals surface area contributed by atoms with Gasteiger partial charge in [-0.3, -0.25) is 4.79 Å². The lowest BCUT2D eigenvalue weighted by Crippen LogP contribution is -2.12. The van der Waals surface area contributed by atoms with Crippen molar-refractivity contribution < 1.29 is 9.53 Å². The molecule has 0 aromatic rings. The Labute approximate surface area is 85.3 Å². The van der Waals surface area contributed by atoms with E-state index in [2.05, 4.69) is 12.2 Å². The molecule has 0 spiro atoms. The number of hydrogen-bond donors (Lipinski definition) is 0. The molecule has 78 valence electrons. The third kappa shape index (κ3) is 1.90. The Kier molecular flexibility index (Phi) is 2.73. The zero-order chi connectivity index (χ0) is 10.1. The van der Waals surface area contributed by atoms with E-state index in [0.717, 1.165) is 19.4 Å². The first-order valence-electron chi connectivity index (χ1n) is 5.47. The lowest BCUT2D eigenvalue weighted by Gasteiger charge is -2.12. The first kappa shape index (κ1) is 9.91. The first-order chi connectivity index (χ1) is 6.72. The van der Waals surface area contributed by atoms with Crippen molar-refractivity contribution in [3.63, 3.8) is 0 Å². The van der Waals surface area contributed by atoms with E-state index in [0.29, 0.717) is 23.7 Å². The first-order valence-corrected chi connectivity index (χ1v) is 5.47. The summed E-state index contributed by atoms with van der Waals surface area (Å²) < 4.78 is 5.35. The summed E-state index contributed by atoms with van der Waals surface area (Å²) in [4.78, 5) is 11.3. The van der Waals surface area contributed by atoms with Crippen molar-refractivity contribution in [3.8, 4) is 0 Å². The highest BCUT2D eigenvalue weighted by Gasteiger charge is 2.44. The molecule has 1 aliphatic heterocycles. The molecule has 1 saturated carbocycles. The third-order valence-electron chi connectivity index (χ3n) is 3.51. The van der Waals surface area contributed by atoms with E-state index in [1.54, 1.807) is 6.92 Å². The lowest BCUT2D eigenvalue weighted by molar-refractivity contribution is -0.120. The second kappa shape index (κ2) is 3.85. The summed E-state index contributed by atoms with van der Waals surface area (Å²) in [7, 11) is 0. The van der Waals surface area contributed by atoms with Crippen molar-refractivity contribution in [2.24, 2.45) is 17.8 Å². The second-order valence-electron chi connectivity index (χ2n) is 4.50. The molecule has 0 unspecified atom stereocenters. The van der Waals surface area contributed by atoms with Crippen LogP contribution in [0.4, 0.5) is 0 Å². The second-order valence-corrected chi connectivity index (χ2v) is 4.50. The van der Waals surface area contributed by atoms with Crippen LogP contribution >= 0.6 is 0 Å². The molecular weight excluding hydrogens is 176 g/mol. The maximum atomic E-state index is 11.3. The molecule has 1 saturated heterocycles. The van der Waals surface area contributed by atoms with Gasteiger partial charge in [0.1, 0.15) is 5.78 Å². The summed E-state index contributed by atoms with van der Waals surface area (Å²) in [6.07, 6.45) is 6.86. The van der Waals surface area contributed by atoms with Gasteiger partial charge in [0.15, 0.2) is 0 Å². The fourth-order valence-corrected chi connectivity index (χ4v) is 2.63. The molecule has 0 amide bonds. The average Bonchev–Trinajstić information content (AvgIpc) is 2.89. The Morgan fingerprint density at radius 2 is 2.14 bits per heavy atom. The van der Waals surface area contributed by atoms with Gasteiger partial charge >= 0.3 is 0 Å². The van der Waals surface area contributed by atoms with Crippen molar-refractivity contribution in [3.05, 3.63) is 12.2 Å². The molecule has 0 radical (unpaired) electrons. The van der Waals surface area contributed by atoms with Crippen molar-refractivity contribution >= 4 is 5.78 Å². The van der Waals surface area contributed by atoms with Crippen LogP contribution in [0.2, 0.25) is 0 Å². The molecule has 2 heteroatoms. The summed E-state index contributed by atoms with van der Waals surface area (Å²) in [6, 6.07) is 0. The summed E-state index contributed by atoms with van der Waals surface area (Å²) in [5.74, 6) is 1.80. The van der Waals surface area contributed by atoms with Gasteiger partial charge in [-0.2, -0.15) is 0 Å². The number of allylic oxidation sites excluding steroid dienone is 2. The summed E-state index contributed by atoms with van der Waals surface area (Å²) in [5.41, 5.74) is 0. The van der Waals surface area contributed by atoms with Crippen LogP contribution in [0.3, 0.4) is 0 Å². The van der Waals surface area contributed by atoms with Crippen molar-refractivity contribution in [1.82, 2.24) is 0 Å². The van der Waals surface area contributed by atoms with E-state index in [1.165, 1.54) is 0 Å². The van der Waals surface area contributed by atoms with Crippen molar-refractivity contribution in [2.45, 2.75) is 32.8 Å². The summed E-state index contributed by atoms with van der Waals surface area (Å²) >= 11 is 0. The van der Waals surface area contributed by atoms with Gasteiger partial charge in [-0.15, -0.1) is 0 Å². The molecule has 1 aliphatic carbocycles. The number of carbonyl (C=O) groups is 1. The molecule has 2 nitrogen and oxygen atoms in total. The molecule has 0 bridgehead atoms. The Hall–Kier alpha value is -0.630. The van der Waals surface area contributed by atoms with Crippen molar-refractivity contribution in [1.29, 1.82) is 0 Å². The van der Waals surface area contributed by atoms with Crippen LogP contribution in [0, 0.1) is 17.8 Å². The SMILES string of the molecule is C/C=C\[C@@H]1C[C@H](C(C)=O)C[C@H]1[C@@H]1CO1. The molecule has 1 heterocycles. The van der Waals surface area contributed by atoms with Gasteiger partial charge < -0.3 is 4.74 Å². The fraction of sp³-hybridized carbons (Fsp3) is 0.750. The van der Waals surface area contributed by atoms with Crippen LogP contribution in [0.15, 0.2) is 12.2 Å². The van der Waals surface area contributed by atoms with E-state index >= 15 is 0 Å². The smallest absolute Gasteiger partial charge is 0.132 e. The number of epoxide rings is 1. The highest BCUT2D eigenvalue weighted by Crippen LogP contribution is 2.43. The van der Waals surface area contributed by atoms with Crippen LogP contribution < -0.4 is 0 Å². The summed E-state index contributed by atoms with van der Waals surface area (Å²) in [6.45, 7) is 4.67. The number of carbonyl (C=O) groups excluding carboxylic acids is 1. The van der Waals surface area contributed by atoms with Crippen LogP contribution in [0.5, 0.6) is 0 Å². The number of ketones is 1. The minimum absolute atomic E-state index is 0.283. The third-order valence-corrected chi connectivity index (χ3v) is 3.51. The highest BCUT2D eigenvalue weighted by atomic mass is 16.6. The van der Waals surface area contributed by atoms with Crippen LogP contribution in [-0.2, 0) is 9.53 Å². The van der Waals surface area contributed by atoms with Crippen LogP contribution in [-0.4, -0.2) is 18.5 Å². The molecule has 0 aromatic heterocycles. The molecule has 4 atom stereocenters. The molecular formula is C12H18O2. The predicted molar refractivity (Wildman–Crippen MR) is 54.9 cm³/mol. The molecule has 0 N–H and O–H groups in total. The number of Topliss-reactive ketones (excluding diaryl/α,β-unsaturated/α-hetero) is 1. The zero-order valence-electron chi connectivity index (χ0n) is 8.90. The van der Waals surface area contributed by atoms with Crippen LogP contribution in [0.25, 0.3) is 0 Å². The van der Waals surface area contributed by atoms with E-state index < -0.39 is 0 Å². The van der Waals surface area contributed by atoms with E-state index in [-0.39, 0.29) is 5.92 Å². The Morgan fingerprint density at radius 1 is 1.43 bits per heavy atom. The molecule has 14 heavy (non-hydrogen) atoms. The largest absolute Gasteiger partial charge is 0.373 e.